The summed E-state index contributed by atoms with van der Waals surface area (Å²) in [5.74, 6) is -0.486. The van der Waals surface area contributed by atoms with Gasteiger partial charge in [-0.15, -0.1) is 0 Å². The molecule has 2 saturated heterocycles. The van der Waals surface area contributed by atoms with Crippen LogP contribution in [-0.2, 0) is 19.2 Å². The first-order chi connectivity index (χ1) is 23.5. The van der Waals surface area contributed by atoms with E-state index < -0.39 is 17.5 Å². The highest BCUT2D eigenvalue weighted by atomic mass is 16.2. The fourth-order valence-electron chi connectivity index (χ4n) is 7.41. The summed E-state index contributed by atoms with van der Waals surface area (Å²) in [5, 5.41) is 6.27. The average Bonchev–Trinajstić information content (AvgIpc) is 3.57. The van der Waals surface area contributed by atoms with Gasteiger partial charge in [-0.1, -0.05) is 73.8 Å². The van der Waals surface area contributed by atoms with E-state index in [-0.39, 0.29) is 47.7 Å². The molecule has 0 bridgehead atoms. The third kappa shape index (κ3) is 12.9. The Hall–Kier alpha value is -2.46. The number of unbranched alkanes of at least 4 members (excludes halogenated alkanes) is 2. The third-order valence-corrected chi connectivity index (χ3v) is 10.6. The van der Waals surface area contributed by atoms with Gasteiger partial charge in [-0.25, -0.2) is 0 Å². The van der Waals surface area contributed by atoms with Gasteiger partial charge in [-0.3, -0.25) is 24.1 Å². The van der Waals surface area contributed by atoms with Crippen molar-refractivity contribution in [3.05, 3.63) is 11.6 Å². The molecule has 0 radical (unpaired) electrons. The largest absolute Gasteiger partial charge is 0.354 e. The minimum absolute atomic E-state index is 0.0182. The van der Waals surface area contributed by atoms with Gasteiger partial charge in [0.1, 0.15) is 12.1 Å². The molecular weight excluding hydrogens is 628 g/mol. The Balaban J connectivity index is 2.12. The van der Waals surface area contributed by atoms with Crippen LogP contribution in [0.15, 0.2) is 11.6 Å². The standard InChI is InChI=1S/C40H74N6O4/c1-12-14-23-44(24-15-13-2)25-19-22-41-36(47)32-21-18-27-46(32)38(49)31(7)28-34(29(3)4)43(11)39(50)35(40(8,9)10)42-37(48)33-20-16-17-26-45(33)30(5)6/h28-30,32-35H,12-27H2,1-11H3,(H,41,47)(H,42,48)/b31-28+/t32?,33?,34-,35?/m1/s1. The highest BCUT2D eigenvalue weighted by molar-refractivity contribution is 5.97. The van der Waals surface area contributed by atoms with Crippen molar-refractivity contribution in [3.63, 3.8) is 0 Å². The third-order valence-electron chi connectivity index (χ3n) is 10.6. The molecule has 2 aliphatic rings. The lowest BCUT2D eigenvalue weighted by Gasteiger charge is -2.41. The molecule has 0 aromatic carbocycles. The van der Waals surface area contributed by atoms with E-state index >= 15 is 0 Å². The number of carbonyl (C=O) groups is 4. The van der Waals surface area contributed by atoms with Crippen LogP contribution in [0.2, 0.25) is 0 Å². The maximum atomic E-state index is 14.2. The molecule has 2 N–H and O–H groups in total. The normalized spacial score (nSPS) is 20.4. The fourth-order valence-corrected chi connectivity index (χ4v) is 7.41. The van der Waals surface area contributed by atoms with Gasteiger partial charge in [0.05, 0.1) is 12.1 Å². The number of nitrogens with one attached hydrogen (secondary N) is 2. The molecule has 4 amide bonds. The number of piperidine rings is 1. The predicted molar refractivity (Wildman–Crippen MR) is 205 cm³/mol. The molecule has 0 saturated carbocycles. The molecule has 10 nitrogen and oxygen atoms in total. The lowest BCUT2D eigenvalue weighted by Crippen LogP contribution is -2.60. The van der Waals surface area contributed by atoms with Crippen LogP contribution in [0.3, 0.4) is 0 Å². The van der Waals surface area contributed by atoms with Crippen LogP contribution in [-0.4, -0.2) is 120 Å². The lowest BCUT2D eigenvalue weighted by molar-refractivity contribution is -0.142. The van der Waals surface area contributed by atoms with E-state index in [1.54, 1.807) is 23.8 Å². The molecule has 50 heavy (non-hydrogen) atoms. The van der Waals surface area contributed by atoms with Crippen molar-refractivity contribution in [1.29, 1.82) is 0 Å². The molecule has 2 heterocycles. The van der Waals surface area contributed by atoms with E-state index in [9.17, 15) is 19.2 Å². The molecule has 10 heteroatoms. The smallest absolute Gasteiger partial charge is 0.249 e. The van der Waals surface area contributed by atoms with E-state index in [0.29, 0.717) is 25.1 Å². The first kappa shape index (κ1) is 43.7. The van der Waals surface area contributed by atoms with Crippen molar-refractivity contribution >= 4 is 23.6 Å². The van der Waals surface area contributed by atoms with Crippen LogP contribution in [0.25, 0.3) is 0 Å². The minimum atomic E-state index is -0.723. The molecule has 0 aromatic rings. The molecular formula is C40H74N6O4. The highest BCUT2D eigenvalue weighted by Gasteiger charge is 2.40. The van der Waals surface area contributed by atoms with Crippen molar-refractivity contribution < 1.29 is 19.2 Å². The Labute approximate surface area is 305 Å². The quantitative estimate of drug-likeness (QED) is 0.134. The zero-order valence-corrected chi connectivity index (χ0v) is 33.8. The summed E-state index contributed by atoms with van der Waals surface area (Å²) in [6.45, 7) is 25.6. The first-order valence-electron chi connectivity index (χ1n) is 19.9. The average molecular weight is 703 g/mol. The number of likely N-dealkylation sites (tertiary alicyclic amines) is 2. The molecule has 288 valence electrons. The molecule has 0 aliphatic carbocycles. The van der Waals surface area contributed by atoms with Crippen LogP contribution in [0.5, 0.6) is 0 Å². The highest BCUT2D eigenvalue weighted by Crippen LogP contribution is 2.27. The Bertz CT molecular complexity index is 1110. The number of rotatable bonds is 19. The summed E-state index contributed by atoms with van der Waals surface area (Å²) in [4.78, 5) is 63.1. The maximum absolute atomic E-state index is 14.2. The fraction of sp³-hybridized carbons (Fsp3) is 0.850. The minimum Gasteiger partial charge on any atom is -0.354 e. The topological polar surface area (TPSA) is 105 Å². The van der Waals surface area contributed by atoms with E-state index in [0.717, 1.165) is 58.3 Å². The molecule has 0 aromatic heterocycles. The lowest BCUT2D eigenvalue weighted by atomic mass is 9.84. The van der Waals surface area contributed by atoms with Crippen LogP contribution < -0.4 is 10.6 Å². The van der Waals surface area contributed by atoms with Crippen LogP contribution in [0.4, 0.5) is 0 Å². The van der Waals surface area contributed by atoms with Gasteiger partial charge in [0, 0.05) is 31.8 Å². The van der Waals surface area contributed by atoms with Gasteiger partial charge in [-0.05, 0) is 103 Å². The van der Waals surface area contributed by atoms with Crippen LogP contribution in [0.1, 0.15) is 133 Å². The molecule has 4 atom stereocenters. The first-order valence-corrected chi connectivity index (χ1v) is 19.9. The van der Waals surface area contributed by atoms with Gasteiger partial charge >= 0.3 is 0 Å². The molecule has 2 rings (SSSR count). The Morgan fingerprint density at radius 2 is 1.44 bits per heavy atom. The summed E-state index contributed by atoms with van der Waals surface area (Å²) in [5.41, 5.74) is 0.00472. The van der Waals surface area contributed by atoms with Crippen molar-refractivity contribution in [2.24, 2.45) is 11.3 Å². The summed E-state index contributed by atoms with van der Waals surface area (Å²) >= 11 is 0. The summed E-state index contributed by atoms with van der Waals surface area (Å²) in [6, 6.07) is -1.57. The van der Waals surface area contributed by atoms with E-state index in [4.69, 9.17) is 0 Å². The number of hydrogen-bond donors (Lipinski definition) is 2. The Kier molecular flexibility index (Phi) is 18.5. The molecule has 2 fully saturated rings. The molecule has 0 spiro atoms. The zero-order valence-electron chi connectivity index (χ0n) is 33.8. The number of amides is 4. The number of likely N-dealkylation sites (N-methyl/N-ethyl adjacent to an activating group) is 1. The molecule has 3 unspecified atom stereocenters. The second kappa shape index (κ2) is 21.2. The van der Waals surface area contributed by atoms with Crippen molar-refractivity contribution in [2.45, 2.75) is 164 Å². The summed E-state index contributed by atoms with van der Waals surface area (Å²) in [6.07, 6.45) is 11.8. The maximum Gasteiger partial charge on any atom is 0.249 e. The second-order valence-electron chi connectivity index (χ2n) is 16.5. The Morgan fingerprint density at radius 1 is 0.840 bits per heavy atom. The van der Waals surface area contributed by atoms with Crippen LogP contribution in [0, 0.1) is 11.3 Å². The van der Waals surface area contributed by atoms with Gasteiger partial charge in [-0.2, -0.15) is 0 Å². The van der Waals surface area contributed by atoms with Gasteiger partial charge in [0.15, 0.2) is 0 Å². The predicted octanol–water partition coefficient (Wildman–Crippen LogP) is 5.61. The number of nitrogens with zero attached hydrogens (tertiary/aromatic N) is 4. The SMILES string of the molecule is CCCCN(CCCC)CCCNC(=O)C1CCCN1C(=O)/C(C)=C/[C@H](C(C)C)N(C)C(=O)C(NC(=O)C1CCCCN1C(C)C)C(C)(C)C. The van der Waals surface area contributed by atoms with Crippen LogP contribution >= 0.6 is 0 Å². The second-order valence-corrected chi connectivity index (χ2v) is 16.5. The van der Waals surface area contributed by atoms with Gasteiger partial charge in [0.25, 0.3) is 0 Å². The monoisotopic (exact) mass is 703 g/mol. The number of hydrogen-bond acceptors (Lipinski definition) is 6. The van der Waals surface area contributed by atoms with Gasteiger partial charge in [0.2, 0.25) is 23.6 Å². The zero-order chi connectivity index (χ0) is 37.6. The van der Waals surface area contributed by atoms with E-state index in [2.05, 4.69) is 48.1 Å². The van der Waals surface area contributed by atoms with Crippen molar-refractivity contribution in [3.8, 4) is 0 Å². The summed E-state index contributed by atoms with van der Waals surface area (Å²) in [7, 11) is 1.77. The Morgan fingerprint density at radius 3 is 2.00 bits per heavy atom. The number of carbonyl (C=O) groups excluding carboxylic acids is 4. The summed E-state index contributed by atoms with van der Waals surface area (Å²) < 4.78 is 0. The van der Waals surface area contributed by atoms with E-state index in [1.165, 1.54) is 25.7 Å². The molecule has 2 aliphatic heterocycles. The van der Waals surface area contributed by atoms with Gasteiger partial charge < -0.3 is 25.3 Å². The van der Waals surface area contributed by atoms with Crippen molar-refractivity contribution in [1.82, 2.24) is 30.2 Å². The van der Waals surface area contributed by atoms with E-state index in [1.807, 2.05) is 40.7 Å². The van der Waals surface area contributed by atoms with Crippen molar-refractivity contribution in [2.75, 3.05) is 46.3 Å².